The molecule has 0 spiro atoms. The number of nitrogens with zero attached hydrogens (tertiary/aromatic N) is 4. The summed E-state index contributed by atoms with van der Waals surface area (Å²) in [6, 6.07) is 7.64. The zero-order valence-electron chi connectivity index (χ0n) is 15.3. The van der Waals surface area contributed by atoms with E-state index < -0.39 is 43.3 Å². The number of nitriles is 2. The molecule has 1 atom stereocenters. The quantitative estimate of drug-likeness (QED) is 0.825. The summed E-state index contributed by atoms with van der Waals surface area (Å²) in [6.45, 7) is 0.488. The molecule has 2 heterocycles. The van der Waals surface area contributed by atoms with Gasteiger partial charge in [0, 0.05) is 17.4 Å². The smallest absolute Gasteiger partial charge is 0.271 e. The van der Waals surface area contributed by atoms with E-state index in [1.54, 1.807) is 24.3 Å². The lowest BCUT2D eigenvalue weighted by atomic mass is 10.1. The maximum absolute atomic E-state index is 13.4. The molecule has 0 radical (unpaired) electrons. The second-order valence-electron chi connectivity index (χ2n) is 6.59. The highest BCUT2D eigenvalue weighted by molar-refractivity contribution is 7.13. The van der Waals surface area contributed by atoms with Gasteiger partial charge in [0.15, 0.2) is 0 Å². The number of alkyl halides is 2. The Kier molecular flexibility index (Phi) is 5.57. The minimum absolute atomic E-state index is 0.0881. The van der Waals surface area contributed by atoms with E-state index in [1.165, 1.54) is 16.7 Å². The fraction of sp³-hybridized carbons (Fsp3) is 0.316. The number of aromatic nitrogens is 1. The lowest BCUT2D eigenvalue weighted by Gasteiger charge is -2.19. The SMILES string of the molecule is Cc1cc(C#N)ccc1-c1nc(C(=O)NCC(=O)N2CC(F)(F)C[C@H]2C#N)cs1. The van der Waals surface area contributed by atoms with Crippen molar-refractivity contribution >= 4 is 23.2 Å². The minimum atomic E-state index is -3.11. The highest BCUT2D eigenvalue weighted by atomic mass is 32.1. The molecule has 2 aromatic rings. The van der Waals surface area contributed by atoms with Crippen LogP contribution in [0.5, 0.6) is 0 Å². The summed E-state index contributed by atoms with van der Waals surface area (Å²) in [5.74, 6) is -4.48. The third-order valence-electron chi connectivity index (χ3n) is 4.46. The second kappa shape index (κ2) is 7.94. The van der Waals surface area contributed by atoms with Crippen molar-refractivity contribution in [2.24, 2.45) is 0 Å². The van der Waals surface area contributed by atoms with Crippen LogP contribution in [0.25, 0.3) is 10.6 Å². The monoisotopic (exact) mass is 415 g/mol. The van der Waals surface area contributed by atoms with Gasteiger partial charge in [0.25, 0.3) is 11.8 Å². The van der Waals surface area contributed by atoms with Crippen LogP contribution in [-0.4, -0.2) is 46.8 Å². The first-order valence-electron chi connectivity index (χ1n) is 8.56. The molecule has 1 aliphatic heterocycles. The molecular weight excluding hydrogens is 400 g/mol. The van der Waals surface area contributed by atoms with Crippen molar-refractivity contribution in [2.75, 3.05) is 13.1 Å². The summed E-state index contributed by atoms with van der Waals surface area (Å²) in [5.41, 5.74) is 2.21. The maximum atomic E-state index is 13.4. The first-order valence-corrected chi connectivity index (χ1v) is 9.44. The number of nitrogens with one attached hydrogen (secondary N) is 1. The van der Waals surface area contributed by atoms with E-state index in [0.717, 1.165) is 16.0 Å². The Morgan fingerprint density at radius 1 is 1.41 bits per heavy atom. The molecule has 3 rings (SSSR count). The molecule has 10 heteroatoms. The summed E-state index contributed by atoms with van der Waals surface area (Å²) in [5, 5.41) is 22.3. The van der Waals surface area contributed by atoms with Gasteiger partial charge in [0.2, 0.25) is 5.91 Å². The Balaban J connectivity index is 1.65. The molecule has 1 aliphatic rings. The van der Waals surface area contributed by atoms with Gasteiger partial charge in [0.05, 0.1) is 30.8 Å². The number of likely N-dealkylation sites (tertiary alicyclic amines) is 1. The van der Waals surface area contributed by atoms with Crippen molar-refractivity contribution in [2.45, 2.75) is 25.3 Å². The summed E-state index contributed by atoms with van der Waals surface area (Å²) >= 11 is 1.23. The van der Waals surface area contributed by atoms with Gasteiger partial charge >= 0.3 is 0 Å². The lowest BCUT2D eigenvalue weighted by Crippen LogP contribution is -2.43. The number of aryl methyl sites for hydroxylation is 1. The highest BCUT2D eigenvalue weighted by Crippen LogP contribution is 2.31. The van der Waals surface area contributed by atoms with E-state index in [1.807, 2.05) is 13.0 Å². The molecule has 0 unspecified atom stereocenters. The van der Waals surface area contributed by atoms with Crippen molar-refractivity contribution < 1.29 is 18.4 Å². The number of hydrogen-bond donors (Lipinski definition) is 1. The normalized spacial score (nSPS) is 17.4. The van der Waals surface area contributed by atoms with E-state index in [9.17, 15) is 18.4 Å². The first kappa shape index (κ1) is 20.4. The zero-order valence-corrected chi connectivity index (χ0v) is 16.1. The number of hydrogen-bond acceptors (Lipinski definition) is 6. The van der Waals surface area contributed by atoms with Crippen LogP contribution in [0.3, 0.4) is 0 Å². The second-order valence-corrected chi connectivity index (χ2v) is 7.45. The molecule has 0 saturated carbocycles. The third-order valence-corrected chi connectivity index (χ3v) is 5.34. The van der Waals surface area contributed by atoms with Crippen LogP contribution < -0.4 is 5.32 Å². The Bertz CT molecular complexity index is 1050. The first-order chi connectivity index (χ1) is 13.7. The van der Waals surface area contributed by atoms with E-state index in [-0.39, 0.29) is 5.69 Å². The van der Waals surface area contributed by atoms with Crippen LogP contribution in [-0.2, 0) is 4.79 Å². The molecule has 1 aromatic carbocycles. The van der Waals surface area contributed by atoms with Gasteiger partial charge in [0.1, 0.15) is 16.7 Å². The molecule has 1 fully saturated rings. The number of halogens is 2. The van der Waals surface area contributed by atoms with Crippen molar-refractivity contribution in [3.8, 4) is 22.7 Å². The van der Waals surface area contributed by atoms with Crippen LogP contribution in [0.1, 0.15) is 28.0 Å². The zero-order chi connectivity index (χ0) is 21.2. The standard InChI is InChI=1S/C19H15F2N5O2S/c1-11-4-12(6-22)2-3-14(11)18-25-15(9-29-18)17(28)24-8-16(27)26-10-19(20,21)5-13(26)7-23/h2-4,9,13H,5,8,10H2,1H3,(H,24,28)/t13-/m0/s1. The van der Waals surface area contributed by atoms with Crippen LogP contribution in [0.2, 0.25) is 0 Å². The van der Waals surface area contributed by atoms with Gasteiger partial charge in [-0.25, -0.2) is 13.8 Å². The van der Waals surface area contributed by atoms with Crippen molar-refractivity contribution in [1.82, 2.24) is 15.2 Å². The Morgan fingerprint density at radius 2 is 2.17 bits per heavy atom. The molecule has 1 saturated heterocycles. The Morgan fingerprint density at radius 3 is 2.83 bits per heavy atom. The van der Waals surface area contributed by atoms with Crippen LogP contribution in [0.15, 0.2) is 23.6 Å². The summed E-state index contributed by atoms with van der Waals surface area (Å²) in [4.78, 5) is 29.5. The fourth-order valence-electron chi connectivity index (χ4n) is 3.02. The third kappa shape index (κ3) is 4.39. The van der Waals surface area contributed by atoms with Crippen LogP contribution >= 0.6 is 11.3 Å². The number of carbonyl (C=O) groups is 2. The molecule has 0 aliphatic carbocycles. The average Bonchev–Trinajstić information content (AvgIpc) is 3.29. The van der Waals surface area contributed by atoms with Crippen LogP contribution in [0.4, 0.5) is 8.78 Å². The van der Waals surface area contributed by atoms with Crippen molar-refractivity contribution in [3.63, 3.8) is 0 Å². The van der Waals surface area contributed by atoms with Crippen molar-refractivity contribution in [1.29, 1.82) is 10.5 Å². The van der Waals surface area contributed by atoms with Gasteiger partial charge in [-0.2, -0.15) is 10.5 Å². The van der Waals surface area contributed by atoms with Gasteiger partial charge in [-0.05, 0) is 24.6 Å². The molecule has 2 amide bonds. The van der Waals surface area contributed by atoms with Crippen molar-refractivity contribution in [3.05, 3.63) is 40.4 Å². The summed E-state index contributed by atoms with van der Waals surface area (Å²) < 4.78 is 26.9. The molecule has 1 N–H and O–H groups in total. The number of amides is 2. The number of benzene rings is 1. The average molecular weight is 415 g/mol. The van der Waals surface area contributed by atoms with Gasteiger partial charge in [-0.3, -0.25) is 9.59 Å². The van der Waals surface area contributed by atoms with Gasteiger partial charge in [-0.1, -0.05) is 6.07 Å². The van der Waals surface area contributed by atoms with E-state index in [4.69, 9.17) is 10.5 Å². The topological polar surface area (TPSA) is 110 Å². The Labute approximate surface area is 169 Å². The lowest BCUT2D eigenvalue weighted by molar-refractivity contribution is -0.131. The Hall–Kier alpha value is -3.37. The highest BCUT2D eigenvalue weighted by Gasteiger charge is 2.47. The van der Waals surface area contributed by atoms with E-state index in [0.29, 0.717) is 10.6 Å². The summed E-state index contributed by atoms with van der Waals surface area (Å²) in [6.07, 6.45) is -0.706. The molecule has 29 heavy (non-hydrogen) atoms. The maximum Gasteiger partial charge on any atom is 0.271 e. The van der Waals surface area contributed by atoms with E-state index in [2.05, 4.69) is 10.3 Å². The fourth-order valence-corrected chi connectivity index (χ4v) is 3.91. The van der Waals surface area contributed by atoms with E-state index >= 15 is 0 Å². The number of carbonyl (C=O) groups excluding carboxylic acids is 2. The molecule has 0 bridgehead atoms. The molecule has 7 nitrogen and oxygen atoms in total. The summed E-state index contributed by atoms with van der Waals surface area (Å²) in [7, 11) is 0. The number of thiazole rings is 1. The van der Waals surface area contributed by atoms with Crippen LogP contribution in [0, 0.1) is 29.6 Å². The number of rotatable bonds is 4. The minimum Gasteiger partial charge on any atom is -0.342 e. The molecule has 1 aromatic heterocycles. The van der Waals surface area contributed by atoms with Gasteiger partial charge in [-0.15, -0.1) is 11.3 Å². The predicted octanol–water partition coefficient (Wildman–Crippen LogP) is 2.48. The molecular formula is C19H15F2N5O2S. The molecule has 148 valence electrons. The van der Waals surface area contributed by atoms with Gasteiger partial charge < -0.3 is 10.2 Å². The largest absolute Gasteiger partial charge is 0.342 e. The predicted molar refractivity (Wildman–Crippen MR) is 100 cm³/mol.